The van der Waals surface area contributed by atoms with Crippen LogP contribution in [0.3, 0.4) is 0 Å². The smallest absolute Gasteiger partial charge is 0.0984 e. The van der Waals surface area contributed by atoms with Gasteiger partial charge in [-0.25, -0.2) is 0 Å². The third-order valence-corrected chi connectivity index (χ3v) is 9.36. The molecule has 0 fully saturated rings. The quantitative estimate of drug-likeness (QED) is 0.126. The largest absolute Gasteiger partial charge is 0.124 e. The lowest BCUT2D eigenvalue weighted by Gasteiger charge is -2.22. The average Bonchev–Trinajstić information content (AvgIpc) is 2.74. The van der Waals surface area contributed by atoms with Crippen molar-refractivity contribution in [3.8, 4) is 0 Å². The molecule has 0 bridgehead atoms. The minimum atomic E-state index is 0.867. The second-order valence-corrected chi connectivity index (χ2v) is 11.8. The highest BCUT2D eigenvalue weighted by Crippen LogP contribution is 2.46. The molecule has 1 aromatic heterocycles. The lowest BCUT2D eigenvalue weighted by molar-refractivity contribution is 1.76. The molecule has 0 N–H and O–H groups in total. The summed E-state index contributed by atoms with van der Waals surface area (Å²) in [7, 11) is 0. The topological polar surface area (TPSA) is 0 Å². The molecular formula is C25H10S5. The van der Waals surface area contributed by atoms with E-state index >= 15 is 0 Å². The Kier molecular flexibility index (Phi) is 3.42. The second kappa shape index (κ2) is 5.81. The van der Waals surface area contributed by atoms with Crippen molar-refractivity contribution in [1.29, 1.82) is 0 Å². The molecule has 0 aliphatic carbocycles. The van der Waals surface area contributed by atoms with Gasteiger partial charge in [0.1, 0.15) is 0 Å². The van der Waals surface area contributed by atoms with Gasteiger partial charge in [-0.05, 0) is 37.7 Å². The molecule has 0 saturated carbocycles. The maximum atomic E-state index is 5.71. The summed E-state index contributed by atoms with van der Waals surface area (Å²) in [5.41, 5.74) is 2.25. The summed E-state index contributed by atoms with van der Waals surface area (Å²) in [4.78, 5) is 0. The maximum absolute atomic E-state index is 5.71. The molecule has 2 heterocycles. The van der Waals surface area contributed by atoms with Gasteiger partial charge in [0.05, 0.1) is 12.2 Å². The molecule has 0 amide bonds. The Morgan fingerprint density at radius 1 is 0.533 bits per heavy atom. The molecule has 30 heavy (non-hydrogen) atoms. The molecular weight excluding hydrogens is 461 g/mol. The standard InChI is InChI=1S/C25H10S5/c1-10-11-2-3-12-14-5-8-17-22-18(25(28)30-24(17)27)9-6-15(21(14)22)13-4-7-16(23(26)29-10)19(11)20(12)13/h2-9H,1H2. The molecule has 0 saturated heterocycles. The molecule has 0 nitrogen and oxygen atoms in total. The molecule has 5 heteroatoms. The Balaban J connectivity index is 1.88. The van der Waals surface area contributed by atoms with Crippen molar-refractivity contribution in [3.05, 3.63) is 68.0 Å². The van der Waals surface area contributed by atoms with Gasteiger partial charge in [-0.3, -0.25) is 0 Å². The van der Waals surface area contributed by atoms with E-state index in [9.17, 15) is 0 Å². The van der Waals surface area contributed by atoms with Crippen LogP contribution < -0.4 is 4.53 Å². The molecule has 0 radical (unpaired) electrons. The van der Waals surface area contributed by atoms with Crippen molar-refractivity contribution in [2.75, 3.05) is 0 Å². The van der Waals surface area contributed by atoms with Gasteiger partial charge in [-0.2, -0.15) is 0 Å². The second-order valence-electron chi connectivity index (χ2n) is 7.63. The van der Waals surface area contributed by atoms with E-state index in [2.05, 4.69) is 55.1 Å². The minimum Gasteiger partial charge on any atom is -0.124 e. The van der Waals surface area contributed by atoms with Crippen molar-refractivity contribution in [3.63, 3.8) is 0 Å². The number of rotatable bonds is 0. The average molecular weight is 471 g/mol. The molecule has 0 unspecified atom stereocenters. The third-order valence-electron chi connectivity index (χ3n) is 6.26. The van der Waals surface area contributed by atoms with Gasteiger partial charge in [-0.15, -0.1) is 11.3 Å². The molecule has 1 aliphatic rings. The van der Waals surface area contributed by atoms with Crippen molar-refractivity contribution in [2.24, 2.45) is 0 Å². The Bertz CT molecular complexity index is 1760. The van der Waals surface area contributed by atoms with Crippen molar-refractivity contribution >= 4 is 129 Å². The predicted molar refractivity (Wildman–Crippen MR) is 146 cm³/mol. The summed E-state index contributed by atoms with van der Waals surface area (Å²) in [5.74, 6) is 0. The Morgan fingerprint density at radius 3 is 1.57 bits per heavy atom. The number of hydrogen-bond donors (Lipinski definition) is 0. The molecule has 140 valence electrons. The van der Waals surface area contributed by atoms with Gasteiger partial charge in [0.25, 0.3) is 0 Å². The first-order valence-electron chi connectivity index (χ1n) is 9.43. The van der Waals surface area contributed by atoms with Crippen molar-refractivity contribution in [2.45, 2.75) is 0 Å². The van der Waals surface area contributed by atoms with E-state index in [1.54, 1.807) is 11.3 Å². The van der Waals surface area contributed by atoms with Crippen LogP contribution in [-0.4, -0.2) is 8.39 Å². The number of thiocarbonyl (C=S) groups is 2. The summed E-state index contributed by atoms with van der Waals surface area (Å²) in [6.45, 7) is 4.28. The monoisotopic (exact) mass is 470 g/mol. The SMILES string of the molecule is C=c1sc(=S)c2ccc3c4ccc5c6c(ccc(c7ccc1c2c73)c64)C(=S)SC5=S. The van der Waals surface area contributed by atoms with Crippen LogP contribution in [0.2, 0.25) is 0 Å². The first kappa shape index (κ1) is 17.6. The summed E-state index contributed by atoms with van der Waals surface area (Å²) in [6, 6.07) is 17.6. The number of fused-ring (bicyclic) bond motifs is 2. The zero-order valence-electron chi connectivity index (χ0n) is 15.4. The highest BCUT2D eigenvalue weighted by molar-refractivity contribution is 8.39. The maximum Gasteiger partial charge on any atom is 0.0984 e. The Hall–Kier alpha value is -2.02. The fourth-order valence-electron chi connectivity index (χ4n) is 5.05. The molecule has 0 atom stereocenters. The predicted octanol–water partition coefficient (Wildman–Crippen LogP) is 7.91. The van der Waals surface area contributed by atoms with Crippen LogP contribution in [0.15, 0.2) is 48.5 Å². The normalized spacial score (nSPS) is 14.3. The van der Waals surface area contributed by atoms with E-state index in [1.807, 2.05) is 0 Å². The van der Waals surface area contributed by atoms with Gasteiger partial charge in [0, 0.05) is 31.8 Å². The summed E-state index contributed by atoms with van der Waals surface area (Å²) in [5, 5.41) is 12.3. The van der Waals surface area contributed by atoms with Gasteiger partial charge in [0.15, 0.2) is 0 Å². The van der Waals surface area contributed by atoms with Gasteiger partial charge < -0.3 is 0 Å². The van der Waals surface area contributed by atoms with Crippen LogP contribution in [-0.2, 0) is 0 Å². The third kappa shape index (κ3) is 2.00. The van der Waals surface area contributed by atoms with Crippen LogP contribution in [0, 0.1) is 3.82 Å². The van der Waals surface area contributed by atoms with Crippen LogP contribution in [0.1, 0.15) is 11.1 Å². The molecule has 7 rings (SSSR count). The highest BCUT2D eigenvalue weighted by atomic mass is 32.2. The van der Waals surface area contributed by atoms with E-state index in [0.717, 1.165) is 33.3 Å². The fraction of sp³-hybridized carbons (Fsp3) is 0. The number of hydrogen-bond acceptors (Lipinski definition) is 5. The first-order valence-corrected chi connectivity index (χ1v) is 12.3. The van der Waals surface area contributed by atoms with Gasteiger partial charge in [-0.1, -0.05) is 104 Å². The van der Waals surface area contributed by atoms with E-state index in [0.29, 0.717) is 0 Å². The summed E-state index contributed by atoms with van der Waals surface area (Å²) < 4.78 is 3.66. The Labute approximate surface area is 195 Å². The van der Waals surface area contributed by atoms with Crippen LogP contribution in [0.4, 0.5) is 0 Å². The minimum absolute atomic E-state index is 0.867. The Morgan fingerprint density at radius 2 is 0.967 bits per heavy atom. The molecule has 5 aromatic carbocycles. The van der Waals surface area contributed by atoms with Gasteiger partial charge >= 0.3 is 0 Å². The number of thioether (sulfide) groups is 1. The molecule has 1 aliphatic heterocycles. The van der Waals surface area contributed by atoms with E-state index in [-0.39, 0.29) is 0 Å². The summed E-state index contributed by atoms with van der Waals surface area (Å²) in [6.07, 6.45) is 0. The number of benzene rings is 5. The van der Waals surface area contributed by atoms with Crippen LogP contribution in [0.25, 0.3) is 60.4 Å². The fourth-order valence-corrected chi connectivity index (χ4v) is 8.03. The van der Waals surface area contributed by atoms with Crippen molar-refractivity contribution in [1.82, 2.24) is 0 Å². The highest BCUT2D eigenvalue weighted by Gasteiger charge is 2.25. The first-order chi connectivity index (χ1) is 14.5. The van der Waals surface area contributed by atoms with Crippen molar-refractivity contribution < 1.29 is 0 Å². The lowest BCUT2D eigenvalue weighted by Crippen LogP contribution is -2.09. The zero-order chi connectivity index (χ0) is 20.3. The van der Waals surface area contributed by atoms with Crippen LogP contribution in [0.5, 0.6) is 0 Å². The summed E-state index contributed by atoms with van der Waals surface area (Å²) >= 11 is 20.2. The van der Waals surface area contributed by atoms with E-state index in [4.69, 9.17) is 36.7 Å². The molecule has 0 spiro atoms. The molecule has 6 aromatic rings. The van der Waals surface area contributed by atoms with E-state index < -0.39 is 0 Å². The van der Waals surface area contributed by atoms with E-state index in [1.165, 1.54) is 60.2 Å². The van der Waals surface area contributed by atoms with Gasteiger partial charge in [0.2, 0.25) is 0 Å². The lowest BCUT2D eigenvalue weighted by atomic mass is 9.86. The van der Waals surface area contributed by atoms with Crippen LogP contribution >= 0.6 is 59.8 Å². The zero-order valence-corrected chi connectivity index (χ0v) is 19.4.